The van der Waals surface area contributed by atoms with Gasteiger partial charge in [0.2, 0.25) is 5.95 Å². The van der Waals surface area contributed by atoms with E-state index in [4.69, 9.17) is 20.4 Å². The molecule has 14 nitrogen and oxygen atoms in total. The molecule has 17 heteroatoms. The van der Waals surface area contributed by atoms with Crippen molar-refractivity contribution in [2.45, 2.75) is 56.8 Å². The van der Waals surface area contributed by atoms with Crippen LogP contribution in [0.3, 0.4) is 0 Å². The molecule has 0 unspecified atom stereocenters. The van der Waals surface area contributed by atoms with Crippen molar-refractivity contribution in [3.05, 3.63) is 108 Å². The van der Waals surface area contributed by atoms with Gasteiger partial charge in [-0.1, -0.05) is 6.07 Å². The summed E-state index contributed by atoms with van der Waals surface area (Å²) in [6, 6.07) is 13.7. The third-order valence-corrected chi connectivity index (χ3v) is 8.15. The van der Waals surface area contributed by atoms with Gasteiger partial charge in [-0.05, 0) is 67.9 Å². The van der Waals surface area contributed by atoms with Gasteiger partial charge in [0.25, 0.3) is 5.91 Å². The zero-order valence-electron chi connectivity index (χ0n) is 27.7. The third-order valence-electron chi connectivity index (χ3n) is 8.15. The fourth-order valence-corrected chi connectivity index (χ4v) is 5.32. The number of carbonyl (C=O) groups excluding carboxylic acids is 1. The van der Waals surface area contributed by atoms with Gasteiger partial charge >= 0.3 is 12.1 Å². The fraction of sp³-hybridized carbons (Fsp3) is 0.257. The number of carboxylic acid groups (broad SMARTS) is 1. The van der Waals surface area contributed by atoms with E-state index >= 15 is 0 Å². The average molecular weight is 722 g/mol. The van der Waals surface area contributed by atoms with Crippen molar-refractivity contribution in [1.29, 1.82) is 0 Å². The molecular weight excluding hydrogens is 687 g/mol. The molecule has 0 bridgehead atoms. The number of aliphatic carboxylic acids is 1. The summed E-state index contributed by atoms with van der Waals surface area (Å²) in [6.07, 6.45) is -1.77. The number of carbonyl (C=O) groups is 2. The Kier molecular flexibility index (Phi) is 11.0. The second-order valence-electron chi connectivity index (χ2n) is 12.2. The smallest absolute Gasteiger partial charge is 0.416 e. The molecule has 272 valence electrons. The van der Waals surface area contributed by atoms with Crippen LogP contribution in [0, 0.1) is 13.8 Å². The molecule has 7 N–H and O–H groups in total. The van der Waals surface area contributed by atoms with Crippen molar-refractivity contribution in [1.82, 2.24) is 24.5 Å². The summed E-state index contributed by atoms with van der Waals surface area (Å²) in [5, 5.41) is 50.9. The highest BCUT2D eigenvalue weighted by atomic mass is 19.4. The van der Waals surface area contributed by atoms with Crippen molar-refractivity contribution in [3.8, 4) is 16.9 Å². The molecule has 0 saturated heterocycles. The molecule has 52 heavy (non-hydrogen) atoms. The molecule has 0 radical (unpaired) electrons. The van der Waals surface area contributed by atoms with Gasteiger partial charge in [-0.15, -0.1) is 0 Å². The minimum absolute atomic E-state index is 0.00114. The molecule has 6 rings (SSSR count). The van der Waals surface area contributed by atoms with Gasteiger partial charge in [0.1, 0.15) is 6.10 Å². The van der Waals surface area contributed by atoms with E-state index in [2.05, 4.69) is 30.6 Å². The molecule has 1 amide bonds. The van der Waals surface area contributed by atoms with Crippen molar-refractivity contribution >= 4 is 29.2 Å². The average Bonchev–Trinajstić information content (AvgIpc) is 3.54. The first-order valence-electron chi connectivity index (χ1n) is 15.7. The van der Waals surface area contributed by atoms with Crippen LogP contribution >= 0.6 is 0 Å². The highest BCUT2D eigenvalue weighted by Crippen LogP contribution is 2.34. The van der Waals surface area contributed by atoms with Crippen LogP contribution in [0.2, 0.25) is 0 Å². The van der Waals surface area contributed by atoms with E-state index in [9.17, 15) is 27.9 Å². The van der Waals surface area contributed by atoms with E-state index in [0.717, 1.165) is 23.3 Å². The standard InChI is InChI=1S/C28H22F3N7O.C7H12O6/c1-17-5-6-19(10-25(17)37-27-33-9-7-24(36-27)20-4-3-8-32-14-20)26(39)35-22-11-21(28(29,30)31)12-23(13-22)38-15-18(2)34-16-38;8-3-1-7(13,6(11)12)2-4(9)5(3)10/h3-16H,1-2H3,(H,35,39)(H,33,36,37);3-5,8-10,13H,1-2H2,(H,11,12)/t;3-,4-,5?,7?/m.1/s1. The molecular formula is C35H34F3N7O7. The predicted molar refractivity (Wildman–Crippen MR) is 181 cm³/mol. The van der Waals surface area contributed by atoms with E-state index < -0.39 is 60.4 Å². The zero-order chi connectivity index (χ0) is 37.8. The molecule has 1 aliphatic rings. The van der Waals surface area contributed by atoms with Gasteiger partial charge in [-0.2, -0.15) is 13.2 Å². The second kappa shape index (κ2) is 15.2. The predicted octanol–water partition coefficient (Wildman–Crippen LogP) is 4.03. The first-order chi connectivity index (χ1) is 24.5. The van der Waals surface area contributed by atoms with Gasteiger partial charge in [-0.3, -0.25) is 9.78 Å². The number of aliphatic hydroxyl groups is 4. The number of alkyl halides is 3. The number of carboxylic acids is 1. The van der Waals surface area contributed by atoms with Gasteiger partial charge < -0.3 is 40.7 Å². The number of nitrogens with zero attached hydrogens (tertiary/aromatic N) is 5. The lowest BCUT2D eigenvalue weighted by Gasteiger charge is -2.37. The number of nitrogens with one attached hydrogen (secondary N) is 2. The van der Waals surface area contributed by atoms with Crippen LogP contribution in [0.4, 0.5) is 30.5 Å². The molecule has 2 aromatic carbocycles. The van der Waals surface area contributed by atoms with Crippen LogP contribution in [0.15, 0.2) is 85.7 Å². The third kappa shape index (κ3) is 8.93. The number of hydrogen-bond acceptors (Lipinski definition) is 11. The molecule has 0 aliphatic heterocycles. The maximum Gasteiger partial charge on any atom is 0.416 e. The molecule has 2 atom stereocenters. The van der Waals surface area contributed by atoms with Crippen molar-refractivity contribution < 1.29 is 48.3 Å². The monoisotopic (exact) mass is 721 g/mol. The molecule has 1 fully saturated rings. The van der Waals surface area contributed by atoms with E-state index in [1.807, 2.05) is 13.0 Å². The highest BCUT2D eigenvalue weighted by molar-refractivity contribution is 6.05. The van der Waals surface area contributed by atoms with Gasteiger partial charge in [0.05, 0.1) is 35.5 Å². The van der Waals surface area contributed by atoms with Crippen molar-refractivity contribution in [2.75, 3.05) is 10.6 Å². The van der Waals surface area contributed by atoms with E-state index in [0.29, 0.717) is 23.0 Å². The maximum atomic E-state index is 13.6. The summed E-state index contributed by atoms with van der Waals surface area (Å²) in [6.45, 7) is 3.58. The topological polar surface area (TPSA) is 216 Å². The minimum Gasteiger partial charge on any atom is -0.479 e. The molecule has 1 aliphatic carbocycles. The Labute approximate surface area is 294 Å². The first-order valence-corrected chi connectivity index (χ1v) is 15.7. The molecule has 3 aromatic heterocycles. The molecule has 1 saturated carbocycles. The zero-order valence-corrected chi connectivity index (χ0v) is 27.7. The Morgan fingerprint density at radius 3 is 2.31 bits per heavy atom. The Balaban J connectivity index is 0.000000340. The number of anilines is 3. The Hall–Kier alpha value is -5.75. The summed E-state index contributed by atoms with van der Waals surface area (Å²) >= 11 is 0. The number of aryl methyl sites for hydroxylation is 2. The minimum atomic E-state index is -4.60. The highest BCUT2D eigenvalue weighted by Gasteiger charge is 2.48. The molecule has 3 heterocycles. The molecule has 0 spiro atoms. The number of pyridine rings is 1. The van der Waals surface area contributed by atoms with E-state index in [1.54, 1.807) is 62.0 Å². The van der Waals surface area contributed by atoms with Crippen LogP contribution in [0.1, 0.15) is 40.0 Å². The van der Waals surface area contributed by atoms with Gasteiger partial charge in [0, 0.05) is 65.8 Å². The van der Waals surface area contributed by atoms with E-state index in [1.165, 1.54) is 17.0 Å². The number of amides is 1. The summed E-state index contributed by atoms with van der Waals surface area (Å²) < 4.78 is 42.3. The van der Waals surface area contributed by atoms with Gasteiger partial charge in [0.15, 0.2) is 5.60 Å². The van der Waals surface area contributed by atoms with Crippen LogP contribution < -0.4 is 10.6 Å². The van der Waals surface area contributed by atoms with Gasteiger partial charge in [-0.25, -0.2) is 19.7 Å². The lowest BCUT2D eigenvalue weighted by Crippen LogP contribution is -2.56. The second-order valence-corrected chi connectivity index (χ2v) is 12.2. The fourth-order valence-electron chi connectivity index (χ4n) is 5.32. The summed E-state index contributed by atoms with van der Waals surface area (Å²) in [4.78, 5) is 40.6. The Morgan fingerprint density at radius 1 is 0.962 bits per heavy atom. The summed E-state index contributed by atoms with van der Waals surface area (Å²) in [7, 11) is 0. The van der Waals surface area contributed by atoms with Crippen LogP contribution in [0.5, 0.6) is 0 Å². The quantitative estimate of drug-likeness (QED) is 0.127. The first kappa shape index (κ1) is 37.5. The number of aliphatic hydroxyl groups excluding tert-OH is 3. The summed E-state index contributed by atoms with van der Waals surface area (Å²) in [5.74, 6) is -1.76. The Morgan fingerprint density at radius 2 is 1.69 bits per heavy atom. The lowest BCUT2D eigenvalue weighted by molar-refractivity contribution is -0.187. The van der Waals surface area contributed by atoms with Crippen molar-refractivity contribution in [2.24, 2.45) is 0 Å². The van der Waals surface area contributed by atoms with Crippen molar-refractivity contribution in [3.63, 3.8) is 0 Å². The Bertz CT molecular complexity index is 2050. The SMILES string of the molecule is Cc1cn(-c2cc(NC(=O)c3ccc(C)c(Nc4nccc(-c5cccnc5)n4)c3)cc(C(F)(F)F)c2)cn1.O=C(O)C1(O)C[C@@H](O)C(O)[C@H](O)C1. The van der Waals surface area contributed by atoms with Crippen LogP contribution in [-0.2, 0) is 11.0 Å². The number of aromatic nitrogens is 5. The normalized spacial score (nSPS) is 20.0. The number of imidazole rings is 1. The summed E-state index contributed by atoms with van der Waals surface area (Å²) in [5.41, 5.74) is 0.951. The maximum absolute atomic E-state index is 13.6. The van der Waals surface area contributed by atoms with E-state index in [-0.39, 0.29) is 16.9 Å². The largest absolute Gasteiger partial charge is 0.479 e. The number of halogens is 3. The lowest BCUT2D eigenvalue weighted by atomic mass is 9.80. The number of rotatable bonds is 7. The number of benzene rings is 2. The van der Waals surface area contributed by atoms with Crippen LogP contribution in [0.25, 0.3) is 16.9 Å². The molecule has 5 aromatic rings. The van der Waals surface area contributed by atoms with Crippen LogP contribution in [-0.4, -0.2) is 85.8 Å². The number of hydrogen-bond donors (Lipinski definition) is 7.